The molecule has 6 heteroatoms. The van der Waals surface area contributed by atoms with E-state index >= 15 is 0 Å². The number of carbonyl (C=O) groups excluding carboxylic acids is 1. The molecule has 0 unspecified atom stereocenters. The molecule has 2 N–H and O–H groups in total. The van der Waals surface area contributed by atoms with E-state index in [0.29, 0.717) is 18.7 Å². The zero-order valence-corrected chi connectivity index (χ0v) is 10.3. The SMILES string of the molecule is O=C(CCn1cccn1)Nc1ccc(O)c(Cl)c1. The molecule has 18 heavy (non-hydrogen) atoms. The molecule has 0 radical (unpaired) electrons. The molecule has 1 heterocycles. The number of aromatic nitrogens is 2. The first-order chi connectivity index (χ1) is 8.65. The highest BCUT2D eigenvalue weighted by Crippen LogP contribution is 2.26. The third-order valence-electron chi connectivity index (χ3n) is 2.36. The lowest BCUT2D eigenvalue weighted by Gasteiger charge is -2.06. The first-order valence-corrected chi connectivity index (χ1v) is 5.79. The van der Waals surface area contributed by atoms with Gasteiger partial charge in [0.1, 0.15) is 5.75 Å². The Labute approximate surface area is 109 Å². The average molecular weight is 266 g/mol. The fourth-order valence-electron chi connectivity index (χ4n) is 1.46. The Kier molecular flexibility index (Phi) is 3.84. The monoisotopic (exact) mass is 265 g/mol. The van der Waals surface area contributed by atoms with E-state index in [1.54, 1.807) is 29.2 Å². The molecule has 0 saturated carbocycles. The molecule has 0 atom stereocenters. The van der Waals surface area contributed by atoms with Crippen molar-refractivity contribution >= 4 is 23.2 Å². The van der Waals surface area contributed by atoms with Gasteiger partial charge in [0.15, 0.2) is 0 Å². The molecule has 0 saturated heterocycles. The highest BCUT2D eigenvalue weighted by atomic mass is 35.5. The summed E-state index contributed by atoms with van der Waals surface area (Å²) in [7, 11) is 0. The number of hydrogen-bond acceptors (Lipinski definition) is 3. The molecule has 94 valence electrons. The van der Waals surface area contributed by atoms with Crippen LogP contribution in [0.2, 0.25) is 5.02 Å². The number of nitrogens with one attached hydrogen (secondary N) is 1. The lowest BCUT2D eigenvalue weighted by atomic mass is 10.3. The third kappa shape index (κ3) is 3.24. The molecule has 2 rings (SSSR count). The minimum absolute atomic E-state index is 0.00814. The molecular formula is C12H12ClN3O2. The molecule has 5 nitrogen and oxygen atoms in total. The number of aromatic hydroxyl groups is 1. The lowest BCUT2D eigenvalue weighted by molar-refractivity contribution is -0.116. The Morgan fingerprint density at radius 3 is 3.00 bits per heavy atom. The van der Waals surface area contributed by atoms with Crippen molar-refractivity contribution < 1.29 is 9.90 Å². The van der Waals surface area contributed by atoms with E-state index in [2.05, 4.69) is 10.4 Å². The zero-order chi connectivity index (χ0) is 13.0. The summed E-state index contributed by atoms with van der Waals surface area (Å²) in [6.07, 6.45) is 3.78. The van der Waals surface area contributed by atoms with Gasteiger partial charge in [-0.2, -0.15) is 5.10 Å². The number of amides is 1. The van der Waals surface area contributed by atoms with E-state index in [1.807, 2.05) is 0 Å². The number of phenols is 1. The quantitative estimate of drug-likeness (QED) is 0.834. The maximum atomic E-state index is 11.6. The summed E-state index contributed by atoms with van der Waals surface area (Å²) in [6, 6.07) is 6.33. The predicted molar refractivity (Wildman–Crippen MR) is 68.6 cm³/mol. The average Bonchev–Trinajstić information content (AvgIpc) is 2.84. The zero-order valence-electron chi connectivity index (χ0n) is 9.51. The first kappa shape index (κ1) is 12.4. The molecule has 1 aromatic heterocycles. The molecule has 0 fully saturated rings. The van der Waals surface area contributed by atoms with Gasteiger partial charge in [0, 0.05) is 31.0 Å². The highest BCUT2D eigenvalue weighted by Gasteiger charge is 2.05. The van der Waals surface area contributed by atoms with Crippen LogP contribution in [0.3, 0.4) is 0 Å². The Morgan fingerprint density at radius 2 is 2.33 bits per heavy atom. The van der Waals surface area contributed by atoms with Gasteiger partial charge in [0.2, 0.25) is 5.91 Å². The smallest absolute Gasteiger partial charge is 0.226 e. The van der Waals surface area contributed by atoms with Crippen LogP contribution in [0.1, 0.15) is 6.42 Å². The summed E-state index contributed by atoms with van der Waals surface area (Å²) in [5, 5.41) is 16.2. The van der Waals surface area contributed by atoms with Gasteiger partial charge in [-0.05, 0) is 24.3 Å². The summed E-state index contributed by atoms with van der Waals surface area (Å²) in [6.45, 7) is 0.519. The number of carbonyl (C=O) groups is 1. The Bertz CT molecular complexity index is 540. The molecule has 1 amide bonds. The number of phenolic OH excluding ortho intramolecular Hbond substituents is 1. The van der Waals surface area contributed by atoms with E-state index in [0.717, 1.165) is 0 Å². The van der Waals surface area contributed by atoms with Gasteiger partial charge in [-0.25, -0.2) is 0 Å². The second kappa shape index (κ2) is 5.55. The summed E-state index contributed by atoms with van der Waals surface area (Å²) in [4.78, 5) is 11.6. The fourth-order valence-corrected chi connectivity index (χ4v) is 1.64. The number of anilines is 1. The first-order valence-electron chi connectivity index (χ1n) is 5.41. The molecule has 0 spiro atoms. The van der Waals surface area contributed by atoms with Crippen LogP contribution in [-0.2, 0) is 11.3 Å². The largest absolute Gasteiger partial charge is 0.506 e. The third-order valence-corrected chi connectivity index (χ3v) is 2.66. The maximum absolute atomic E-state index is 11.6. The number of benzene rings is 1. The molecule has 0 aliphatic heterocycles. The number of halogens is 1. The highest BCUT2D eigenvalue weighted by molar-refractivity contribution is 6.32. The Balaban J connectivity index is 1.88. The van der Waals surface area contributed by atoms with E-state index in [9.17, 15) is 9.90 Å². The molecular weight excluding hydrogens is 254 g/mol. The van der Waals surface area contributed by atoms with Gasteiger partial charge < -0.3 is 10.4 Å². The van der Waals surface area contributed by atoms with Crippen LogP contribution in [-0.4, -0.2) is 20.8 Å². The van der Waals surface area contributed by atoms with Gasteiger partial charge in [0.25, 0.3) is 0 Å². The second-order valence-corrected chi connectivity index (χ2v) is 4.14. The number of hydrogen-bond donors (Lipinski definition) is 2. The normalized spacial score (nSPS) is 10.3. The maximum Gasteiger partial charge on any atom is 0.226 e. The van der Waals surface area contributed by atoms with E-state index in [4.69, 9.17) is 11.6 Å². The lowest BCUT2D eigenvalue weighted by Crippen LogP contribution is -2.14. The predicted octanol–water partition coefficient (Wildman–Crippen LogP) is 2.27. The van der Waals surface area contributed by atoms with Gasteiger partial charge in [-0.15, -0.1) is 0 Å². The number of nitrogens with zero attached hydrogens (tertiary/aromatic N) is 2. The Morgan fingerprint density at radius 1 is 1.50 bits per heavy atom. The van der Waals surface area contributed by atoms with Crippen LogP contribution in [0, 0.1) is 0 Å². The van der Waals surface area contributed by atoms with Crippen molar-refractivity contribution in [3.8, 4) is 5.75 Å². The molecule has 0 aliphatic rings. The van der Waals surface area contributed by atoms with Crippen molar-refractivity contribution in [3.05, 3.63) is 41.7 Å². The number of aryl methyl sites for hydroxylation is 1. The topological polar surface area (TPSA) is 67.2 Å². The van der Waals surface area contributed by atoms with E-state index < -0.39 is 0 Å². The van der Waals surface area contributed by atoms with Crippen molar-refractivity contribution in [2.24, 2.45) is 0 Å². The fraction of sp³-hybridized carbons (Fsp3) is 0.167. The van der Waals surface area contributed by atoms with Crippen LogP contribution < -0.4 is 5.32 Å². The van der Waals surface area contributed by atoms with Crippen molar-refractivity contribution in [1.29, 1.82) is 0 Å². The van der Waals surface area contributed by atoms with Gasteiger partial charge >= 0.3 is 0 Å². The minimum atomic E-state index is -0.132. The van der Waals surface area contributed by atoms with Gasteiger partial charge in [-0.1, -0.05) is 11.6 Å². The standard InChI is InChI=1S/C12H12ClN3O2/c13-10-8-9(2-3-11(10)17)15-12(18)4-7-16-6-1-5-14-16/h1-3,5-6,8,17H,4,7H2,(H,15,18). The minimum Gasteiger partial charge on any atom is -0.506 e. The van der Waals surface area contributed by atoms with E-state index in [-0.39, 0.29) is 16.7 Å². The van der Waals surface area contributed by atoms with Gasteiger partial charge in [0.05, 0.1) is 5.02 Å². The summed E-state index contributed by atoms with van der Waals surface area (Å²) >= 11 is 5.74. The molecule has 2 aromatic rings. The number of rotatable bonds is 4. The molecule has 0 aliphatic carbocycles. The van der Waals surface area contributed by atoms with Crippen LogP contribution in [0.4, 0.5) is 5.69 Å². The second-order valence-electron chi connectivity index (χ2n) is 3.73. The van der Waals surface area contributed by atoms with Crippen LogP contribution in [0.25, 0.3) is 0 Å². The van der Waals surface area contributed by atoms with Crippen molar-refractivity contribution in [3.63, 3.8) is 0 Å². The Hall–Kier alpha value is -2.01. The summed E-state index contributed by atoms with van der Waals surface area (Å²) in [5.74, 6) is -0.140. The summed E-state index contributed by atoms with van der Waals surface area (Å²) in [5.41, 5.74) is 0.559. The van der Waals surface area contributed by atoms with Crippen molar-refractivity contribution in [2.75, 3.05) is 5.32 Å². The van der Waals surface area contributed by atoms with Crippen LogP contribution in [0.5, 0.6) is 5.75 Å². The molecule has 1 aromatic carbocycles. The van der Waals surface area contributed by atoms with E-state index in [1.165, 1.54) is 12.1 Å². The molecule has 0 bridgehead atoms. The van der Waals surface area contributed by atoms with Crippen LogP contribution in [0.15, 0.2) is 36.7 Å². The van der Waals surface area contributed by atoms with Crippen molar-refractivity contribution in [1.82, 2.24) is 9.78 Å². The van der Waals surface area contributed by atoms with Crippen LogP contribution >= 0.6 is 11.6 Å². The van der Waals surface area contributed by atoms with Gasteiger partial charge in [-0.3, -0.25) is 9.48 Å². The van der Waals surface area contributed by atoms with Crippen molar-refractivity contribution in [2.45, 2.75) is 13.0 Å². The summed E-state index contributed by atoms with van der Waals surface area (Å²) < 4.78 is 1.68.